The van der Waals surface area contributed by atoms with Crippen LogP contribution >= 0.6 is 0 Å². The highest BCUT2D eigenvalue weighted by Gasteiger charge is 2.26. The van der Waals surface area contributed by atoms with Gasteiger partial charge in [-0.2, -0.15) is 10.2 Å². The second-order valence-corrected chi connectivity index (χ2v) is 9.34. The van der Waals surface area contributed by atoms with Gasteiger partial charge in [0.25, 0.3) is 0 Å². The molecule has 5 rings (SSSR count). The predicted molar refractivity (Wildman–Crippen MR) is 146 cm³/mol. The van der Waals surface area contributed by atoms with Crippen LogP contribution in [-0.4, -0.2) is 65.2 Å². The van der Waals surface area contributed by atoms with Crippen molar-refractivity contribution in [2.45, 2.75) is 38.8 Å². The number of hydrogen-bond acceptors (Lipinski definition) is 7. The molecule has 2 aromatic carbocycles. The maximum atomic E-state index is 11.2. The van der Waals surface area contributed by atoms with Crippen molar-refractivity contribution in [3.8, 4) is 5.75 Å². The van der Waals surface area contributed by atoms with E-state index in [9.17, 15) is 4.79 Å². The van der Waals surface area contributed by atoms with Crippen molar-refractivity contribution in [3.63, 3.8) is 0 Å². The summed E-state index contributed by atoms with van der Waals surface area (Å²) in [5.74, 6) is 0.818. The van der Waals surface area contributed by atoms with Crippen molar-refractivity contribution in [3.05, 3.63) is 42.2 Å². The van der Waals surface area contributed by atoms with Crippen LogP contribution in [0.4, 0.5) is 11.4 Å². The van der Waals surface area contributed by atoms with E-state index in [2.05, 4.69) is 45.6 Å². The zero-order valence-electron chi connectivity index (χ0n) is 22.1. The largest absolute Gasteiger partial charge is 0.495 e. The lowest BCUT2D eigenvalue weighted by Crippen LogP contribution is -2.47. The summed E-state index contributed by atoms with van der Waals surface area (Å²) in [5.41, 5.74) is 4.58. The number of hydrogen-bond donors (Lipinski definition) is 2. The number of aldehydes is 1. The van der Waals surface area contributed by atoms with Crippen LogP contribution in [0.3, 0.4) is 0 Å². The standard InChI is InChI=1S/C17H24N4O.C10H13N3O/c1-4-18-14-7-8-21(12(2)9-14)16-6-5-13(11-22)17-15(16)10-20(3)19-17;1-11-9-4-7-6-13(2)12-8(7)5-10(9)14-3/h5-6,10-12,14,18H,4,7-9H2,1-3H3;4-6,11H,1-3H3. The van der Waals surface area contributed by atoms with Crippen LogP contribution in [0.1, 0.15) is 37.0 Å². The Morgan fingerprint density at radius 1 is 1.17 bits per heavy atom. The zero-order chi connectivity index (χ0) is 25.8. The first-order valence-corrected chi connectivity index (χ1v) is 12.5. The maximum absolute atomic E-state index is 11.2. The van der Waals surface area contributed by atoms with Crippen LogP contribution in [0.5, 0.6) is 5.75 Å². The van der Waals surface area contributed by atoms with Gasteiger partial charge < -0.3 is 20.3 Å². The molecule has 0 spiro atoms. The lowest BCUT2D eigenvalue weighted by Gasteiger charge is -2.40. The van der Waals surface area contributed by atoms with E-state index >= 15 is 0 Å². The van der Waals surface area contributed by atoms with Crippen molar-refractivity contribution in [1.82, 2.24) is 24.9 Å². The number of carbonyl (C=O) groups is 1. The fourth-order valence-corrected chi connectivity index (χ4v) is 5.12. The van der Waals surface area contributed by atoms with Crippen LogP contribution in [0.25, 0.3) is 21.8 Å². The first-order chi connectivity index (χ1) is 17.4. The highest BCUT2D eigenvalue weighted by Crippen LogP contribution is 2.33. The second kappa shape index (κ2) is 11.0. The average Bonchev–Trinajstić information content (AvgIpc) is 3.44. The van der Waals surface area contributed by atoms with Gasteiger partial charge in [0.15, 0.2) is 6.29 Å². The number of ether oxygens (including phenoxy) is 1. The van der Waals surface area contributed by atoms with Crippen LogP contribution in [0, 0.1) is 0 Å². The number of rotatable bonds is 6. The summed E-state index contributed by atoms with van der Waals surface area (Å²) < 4.78 is 8.83. The Labute approximate surface area is 212 Å². The Kier molecular flexibility index (Phi) is 7.79. The fraction of sp³-hybridized carbons (Fsp3) is 0.444. The Hall–Kier alpha value is -3.59. The first-order valence-electron chi connectivity index (χ1n) is 12.5. The zero-order valence-corrected chi connectivity index (χ0v) is 22.1. The quantitative estimate of drug-likeness (QED) is 0.395. The van der Waals surface area contributed by atoms with Crippen LogP contribution in [-0.2, 0) is 14.1 Å². The number of piperidine rings is 1. The molecule has 192 valence electrons. The summed E-state index contributed by atoms with van der Waals surface area (Å²) >= 11 is 0. The van der Waals surface area contributed by atoms with E-state index in [1.807, 2.05) is 51.7 Å². The van der Waals surface area contributed by atoms with Gasteiger partial charge in [0, 0.05) is 80.3 Å². The highest BCUT2D eigenvalue weighted by molar-refractivity contribution is 6.02. The summed E-state index contributed by atoms with van der Waals surface area (Å²) in [6.45, 7) is 6.50. The molecule has 0 saturated carbocycles. The topological polar surface area (TPSA) is 89.2 Å². The molecule has 1 saturated heterocycles. The third kappa shape index (κ3) is 5.16. The number of fused-ring (bicyclic) bond motifs is 2. The molecule has 9 heteroatoms. The van der Waals surface area contributed by atoms with Crippen LogP contribution in [0.15, 0.2) is 36.7 Å². The Morgan fingerprint density at radius 3 is 2.61 bits per heavy atom. The van der Waals surface area contributed by atoms with E-state index in [1.54, 1.807) is 16.5 Å². The van der Waals surface area contributed by atoms with Gasteiger partial charge in [-0.05, 0) is 44.5 Å². The molecule has 2 atom stereocenters. The van der Waals surface area contributed by atoms with Crippen molar-refractivity contribution in [2.75, 3.05) is 37.5 Å². The van der Waals surface area contributed by atoms with Crippen LogP contribution < -0.4 is 20.3 Å². The van der Waals surface area contributed by atoms with E-state index in [0.717, 1.165) is 65.5 Å². The third-order valence-corrected chi connectivity index (χ3v) is 6.81. The Bertz CT molecular complexity index is 1300. The molecular weight excluding hydrogens is 454 g/mol. The average molecular weight is 492 g/mol. The monoisotopic (exact) mass is 491 g/mol. The van der Waals surface area contributed by atoms with Gasteiger partial charge in [0.2, 0.25) is 0 Å². The Balaban J connectivity index is 0.000000187. The van der Waals surface area contributed by atoms with Crippen molar-refractivity contribution in [2.24, 2.45) is 14.1 Å². The van der Waals surface area contributed by atoms with Gasteiger partial charge >= 0.3 is 0 Å². The van der Waals surface area contributed by atoms with Gasteiger partial charge in [0.05, 0.1) is 18.3 Å². The minimum atomic E-state index is 0.475. The molecule has 1 aliphatic heterocycles. The van der Waals surface area contributed by atoms with E-state index in [1.165, 1.54) is 5.69 Å². The van der Waals surface area contributed by atoms with Gasteiger partial charge in [-0.1, -0.05) is 6.92 Å². The smallest absolute Gasteiger partial charge is 0.152 e. The predicted octanol–water partition coefficient (Wildman–Crippen LogP) is 3.98. The molecule has 0 bridgehead atoms. The summed E-state index contributed by atoms with van der Waals surface area (Å²) in [7, 11) is 7.34. The number of nitrogens with one attached hydrogen (secondary N) is 2. The highest BCUT2D eigenvalue weighted by atomic mass is 16.5. The number of methoxy groups -OCH3 is 1. The van der Waals surface area contributed by atoms with Crippen molar-refractivity contribution < 1.29 is 9.53 Å². The van der Waals surface area contributed by atoms with E-state index in [4.69, 9.17) is 4.74 Å². The number of carbonyl (C=O) groups excluding carboxylic acids is 1. The molecule has 4 aromatic rings. The molecule has 9 nitrogen and oxygen atoms in total. The lowest BCUT2D eigenvalue weighted by molar-refractivity contribution is 0.112. The van der Waals surface area contributed by atoms with E-state index < -0.39 is 0 Å². The normalized spacial score (nSPS) is 17.7. The van der Waals surface area contributed by atoms with Gasteiger partial charge in [-0.3, -0.25) is 14.2 Å². The molecule has 36 heavy (non-hydrogen) atoms. The lowest BCUT2D eigenvalue weighted by atomic mass is 9.96. The molecular formula is C27H37N7O2. The molecule has 0 amide bonds. The van der Waals surface area contributed by atoms with Gasteiger partial charge in [-0.25, -0.2) is 0 Å². The summed E-state index contributed by atoms with van der Waals surface area (Å²) in [6.07, 6.45) is 7.18. The summed E-state index contributed by atoms with van der Waals surface area (Å²) in [6, 6.07) is 9.00. The van der Waals surface area contributed by atoms with Crippen molar-refractivity contribution in [1.29, 1.82) is 0 Å². The number of benzene rings is 2. The minimum absolute atomic E-state index is 0.475. The van der Waals surface area contributed by atoms with Gasteiger partial charge in [-0.15, -0.1) is 0 Å². The minimum Gasteiger partial charge on any atom is -0.495 e. The third-order valence-electron chi connectivity index (χ3n) is 6.81. The summed E-state index contributed by atoms with van der Waals surface area (Å²) in [5, 5.41) is 17.6. The first kappa shape index (κ1) is 25.5. The molecule has 1 aliphatic rings. The molecule has 0 aliphatic carbocycles. The maximum Gasteiger partial charge on any atom is 0.152 e. The SMILES string of the molecule is CCNC1CCN(c2ccc(C=O)c3nn(C)cc23)C(C)C1.CNc1cc2cn(C)nc2cc1OC. The molecule has 0 radical (unpaired) electrons. The van der Waals surface area contributed by atoms with Crippen molar-refractivity contribution >= 4 is 39.5 Å². The number of anilines is 2. The number of aryl methyl sites for hydroxylation is 2. The van der Waals surface area contributed by atoms with Crippen LogP contribution in [0.2, 0.25) is 0 Å². The molecule has 3 heterocycles. The van der Waals surface area contributed by atoms with E-state index in [0.29, 0.717) is 17.6 Å². The molecule has 2 N–H and O–H groups in total. The number of nitrogens with zero attached hydrogens (tertiary/aromatic N) is 5. The number of aromatic nitrogens is 4. The summed E-state index contributed by atoms with van der Waals surface area (Å²) in [4.78, 5) is 13.7. The Morgan fingerprint density at radius 2 is 1.94 bits per heavy atom. The van der Waals surface area contributed by atoms with E-state index in [-0.39, 0.29) is 0 Å². The van der Waals surface area contributed by atoms with Gasteiger partial charge in [0.1, 0.15) is 11.3 Å². The molecule has 2 aromatic heterocycles. The molecule has 1 fully saturated rings. The second-order valence-electron chi connectivity index (χ2n) is 9.34. The fourth-order valence-electron chi connectivity index (χ4n) is 5.12. The molecule has 2 unspecified atom stereocenters.